The van der Waals surface area contributed by atoms with Gasteiger partial charge in [-0.05, 0) is 40.4 Å². The van der Waals surface area contributed by atoms with E-state index >= 15 is 0 Å². The van der Waals surface area contributed by atoms with Crippen LogP contribution in [0.1, 0.15) is 19.8 Å². The van der Waals surface area contributed by atoms with Crippen molar-refractivity contribution in [2.24, 2.45) is 0 Å². The van der Waals surface area contributed by atoms with Crippen LogP contribution in [0.4, 0.5) is 13.2 Å². The first-order chi connectivity index (χ1) is 8.29. The van der Waals surface area contributed by atoms with Gasteiger partial charge < -0.3 is 10.2 Å². The van der Waals surface area contributed by atoms with Crippen molar-refractivity contribution in [3.05, 3.63) is 0 Å². The standard InChI is InChI=1S/C12H24F3N3/c1-10(7-16-9-12(13,14)15)18-6-4-5-11(8-18)17(2)3/h10-11,16H,4-9H2,1-3H3. The van der Waals surface area contributed by atoms with Gasteiger partial charge in [0.2, 0.25) is 0 Å². The highest BCUT2D eigenvalue weighted by Crippen LogP contribution is 2.16. The van der Waals surface area contributed by atoms with Gasteiger partial charge in [-0.3, -0.25) is 4.90 Å². The average molecular weight is 267 g/mol. The van der Waals surface area contributed by atoms with Crippen molar-refractivity contribution in [1.82, 2.24) is 15.1 Å². The van der Waals surface area contributed by atoms with Crippen molar-refractivity contribution >= 4 is 0 Å². The van der Waals surface area contributed by atoms with E-state index in [1.807, 2.05) is 6.92 Å². The molecule has 1 fully saturated rings. The summed E-state index contributed by atoms with van der Waals surface area (Å²) in [6, 6.07) is 0.666. The fraction of sp³-hybridized carbons (Fsp3) is 1.00. The van der Waals surface area contributed by atoms with E-state index in [1.54, 1.807) is 0 Å². The van der Waals surface area contributed by atoms with E-state index in [-0.39, 0.29) is 6.04 Å². The molecule has 18 heavy (non-hydrogen) atoms. The van der Waals surface area contributed by atoms with Crippen LogP contribution in [0.3, 0.4) is 0 Å². The number of likely N-dealkylation sites (tertiary alicyclic amines) is 1. The normalized spacial score (nSPS) is 24.5. The lowest BCUT2D eigenvalue weighted by atomic mass is 10.0. The summed E-state index contributed by atoms with van der Waals surface area (Å²) in [5.41, 5.74) is 0. The highest BCUT2D eigenvalue weighted by molar-refractivity contribution is 4.82. The van der Waals surface area contributed by atoms with Gasteiger partial charge in [-0.1, -0.05) is 0 Å². The molecule has 0 aromatic heterocycles. The van der Waals surface area contributed by atoms with E-state index in [0.717, 1.165) is 19.5 Å². The molecule has 1 N–H and O–H groups in total. The second-order valence-corrected chi connectivity index (χ2v) is 5.35. The third-order valence-corrected chi connectivity index (χ3v) is 3.55. The quantitative estimate of drug-likeness (QED) is 0.815. The molecule has 0 aromatic carbocycles. The monoisotopic (exact) mass is 267 g/mol. The number of hydrogen-bond donors (Lipinski definition) is 1. The fourth-order valence-corrected chi connectivity index (χ4v) is 2.36. The maximum atomic E-state index is 12.0. The number of hydrogen-bond acceptors (Lipinski definition) is 3. The Morgan fingerprint density at radius 2 is 2.06 bits per heavy atom. The van der Waals surface area contributed by atoms with E-state index in [0.29, 0.717) is 12.6 Å². The molecule has 2 unspecified atom stereocenters. The van der Waals surface area contributed by atoms with Gasteiger partial charge in [-0.2, -0.15) is 13.2 Å². The number of likely N-dealkylation sites (N-methyl/N-ethyl adjacent to an activating group) is 1. The van der Waals surface area contributed by atoms with Gasteiger partial charge in [-0.15, -0.1) is 0 Å². The summed E-state index contributed by atoms with van der Waals surface area (Å²) in [4.78, 5) is 4.47. The summed E-state index contributed by atoms with van der Waals surface area (Å²) in [6.07, 6.45) is -1.83. The zero-order valence-corrected chi connectivity index (χ0v) is 11.4. The Labute approximate surface area is 107 Å². The molecule has 0 spiro atoms. The Kier molecular flexibility index (Phi) is 5.88. The Balaban J connectivity index is 2.30. The second kappa shape index (κ2) is 6.73. The van der Waals surface area contributed by atoms with Crippen LogP contribution in [-0.2, 0) is 0 Å². The molecule has 2 atom stereocenters. The highest BCUT2D eigenvalue weighted by atomic mass is 19.4. The van der Waals surface area contributed by atoms with E-state index in [1.165, 1.54) is 6.42 Å². The van der Waals surface area contributed by atoms with Crippen LogP contribution < -0.4 is 5.32 Å². The maximum absolute atomic E-state index is 12.0. The molecule has 6 heteroatoms. The van der Waals surface area contributed by atoms with Crippen LogP contribution in [0.5, 0.6) is 0 Å². The molecule has 0 bridgehead atoms. The van der Waals surface area contributed by atoms with Gasteiger partial charge in [0.05, 0.1) is 6.54 Å². The molecule has 0 amide bonds. The minimum absolute atomic E-state index is 0.148. The Bertz CT molecular complexity index is 243. The fourth-order valence-electron chi connectivity index (χ4n) is 2.36. The van der Waals surface area contributed by atoms with Crippen LogP contribution in [0.25, 0.3) is 0 Å². The van der Waals surface area contributed by atoms with Crippen molar-refractivity contribution in [3.63, 3.8) is 0 Å². The third-order valence-electron chi connectivity index (χ3n) is 3.55. The van der Waals surface area contributed by atoms with Crippen molar-refractivity contribution in [1.29, 1.82) is 0 Å². The molecule has 108 valence electrons. The maximum Gasteiger partial charge on any atom is 0.401 e. The summed E-state index contributed by atoms with van der Waals surface area (Å²) >= 11 is 0. The van der Waals surface area contributed by atoms with Crippen LogP contribution in [0.15, 0.2) is 0 Å². The number of alkyl halides is 3. The number of halogens is 3. The van der Waals surface area contributed by atoms with Crippen LogP contribution >= 0.6 is 0 Å². The lowest BCUT2D eigenvalue weighted by Crippen LogP contribution is -2.51. The number of nitrogens with one attached hydrogen (secondary N) is 1. The molecule has 0 saturated carbocycles. The third kappa shape index (κ3) is 5.54. The SMILES string of the molecule is CC(CNCC(F)(F)F)N1CCCC(N(C)C)C1. The second-order valence-electron chi connectivity index (χ2n) is 5.35. The highest BCUT2D eigenvalue weighted by Gasteiger charge is 2.28. The first-order valence-electron chi connectivity index (χ1n) is 6.47. The van der Waals surface area contributed by atoms with Crippen molar-refractivity contribution in [2.75, 3.05) is 40.3 Å². The van der Waals surface area contributed by atoms with E-state index in [2.05, 4.69) is 29.2 Å². The van der Waals surface area contributed by atoms with Crippen LogP contribution in [0, 0.1) is 0 Å². The Morgan fingerprint density at radius 1 is 1.39 bits per heavy atom. The minimum Gasteiger partial charge on any atom is -0.307 e. The predicted molar refractivity (Wildman–Crippen MR) is 66.7 cm³/mol. The van der Waals surface area contributed by atoms with E-state index in [4.69, 9.17) is 0 Å². The Hall–Kier alpha value is -0.330. The summed E-state index contributed by atoms with van der Waals surface area (Å²) in [7, 11) is 4.11. The molecule has 1 saturated heterocycles. The molecular weight excluding hydrogens is 243 g/mol. The molecule has 3 nitrogen and oxygen atoms in total. The topological polar surface area (TPSA) is 18.5 Å². The molecule has 0 aromatic rings. The molecule has 1 heterocycles. The smallest absolute Gasteiger partial charge is 0.307 e. The number of piperidine rings is 1. The zero-order valence-electron chi connectivity index (χ0n) is 11.4. The van der Waals surface area contributed by atoms with E-state index in [9.17, 15) is 13.2 Å². The first-order valence-corrected chi connectivity index (χ1v) is 6.47. The first kappa shape index (κ1) is 15.7. The molecule has 0 radical (unpaired) electrons. The average Bonchev–Trinajstić information content (AvgIpc) is 2.27. The van der Waals surface area contributed by atoms with Crippen molar-refractivity contribution in [2.45, 2.75) is 38.0 Å². The molecule has 1 rings (SSSR count). The molecule has 1 aliphatic heterocycles. The Morgan fingerprint density at radius 3 is 2.61 bits per heavy atom. The largest absolute Gasteiger partial charge is 0.401 e. The van der Waals surface area contributed by atoms with Gasteiger partial charge in [0.15, 0.2) is 0 Å². The summed E-state index contributed by atoms with van der Waals surface area (Å²) < 4.78 is 36.1. The van der Waals surface area contributed by atoms with Gasteiger partial charge >= 0.3 is 6.18 Å². The zero-order chi connectivity index (χ0) is 13.8. The predicted octanol–water partition coefficient (Wildman–Crippen LogP) is 1.55. The summed E-state index contributed by atoms with van der Waals surface area (Å²) in [5, 5.41) is 2.49. The lowest BCUT2D eigenvalue weighted by molar-refractivity contribution is -0.125. The van der Waals surface area contributed by atoms with Crippen molar-refractivity contribution in [3.8, 4) is 0 Å². The summed E-state index contributed by atoms with van der Waals surface area (Å²) in [5.74, 6) is 0. The van der Waals surface area contributed by atoms with Gasteiger partial charge in [-0.25, -0.2) is 0 Å². The molecule has 1 aliphatic rings. The molecular formula is C12H24F3N3. The number of nitrogens with zero attached hydrogens (tertiary/aromatic N) is 2. The molecule has 0 aliphatic carbocycles. The van der Waals surface area contributed by atoms with Gasteiger partial charge in [0, 0.05) is 25.2 Å². The van der Waals surface area contributed by atoms with Crippen LogP contribution in [0.2, 0.25) is 0 Å². The lowest BCUT2D eigenvalue weighted by Gasteiger charge is -2.39. The van der Waals surface area contributed by atoms with Crippen molar-refractivity contribution < 1.29 is 13.2 Å². The van der Waals surface area contributed by atoms with Crippen LogP contribution in [-0.4, -0.2) is 68.3 Å². The van der Waals surface area contributed by atoms with Gasteiger partial charge in [0.25, 0.3) is 0 Å². The van der Waals surface area contributed by atoms with E-state index < -0.39 is 12.7 Å². The summed E-state index contributed by atoms with van der Waals surface area (Å²) in [6.45, 7) is 3.41. The van der Waals surface area contributed by atoms with Gasteiger partial charge in [0.1, 0.15) is 0 Å². The minimum atomic E-state index is -4.12. The number of rotatable bonds is 5.